The van der Waals surface area contributed by atoms with Crippen molar-refractivity contribution in [1.82, 2.24) is 10.6 Å². The van der Waals surface area contributed by atoms with E-state index in [0.717, 1.165) is 22.3 Å². The molecule has 1 aliphatic heterocycles. The Balaban J connectivity index is 1.44. The molecule has 2 aromatic carbocycles. The van der Waals surface area contributed by atoms with E-state index in [1.54, 1.807) is 0 Å². The second kappa shape index (κ2) is 10.5. The number of carbonyl (C=O) groups excluding carboxylic acids is 2. The lowest BCUT2D eigenvalue weighted by atomic mass is 9.88. The molecular weight excluding hydrogens is 448 g/mol. The first-order chi connectivity index (χ1) is 16.9. The molecule has 3 N–H and O–H groups in total. The number of hydrogen-bond donors (Lipinski definition) is 3. The van der Waals surface area contributed by atoms with Crippen LogP contribution in [0.25, 0.3) is 11.1 Å². The maximum atomic E-state index is 13.2. The molecule has 1 saturated heterocycles. The summed E-state index contributed by atoms with van der Waals surface area (Å²) in [6.07, 6.45) is 0.257. The third-order valence-electron chi connectivity index (χ3n) is 7.23. The normalized spacial score (nSPS) is 18.0. The highest BCUT2D eigenvalue weighted by molar-refractivity contribution is 5.91. The summed E-state index contributed by atoms with van der Waals surface area (Å²) >= 11 is 0. The molecule has 0 saturated carbocycles. The van der Waals surface area contributed by atoms with Crippen LogP contribution in [0.3, 0.4) is 0 Å². The summed E-state index contributed by atoms with van der Waals surface area (Å²) in [6.45, 7) is 4.38. The van der Waals surface area contributed by atoms with Crippen LogP contribution in [0.5, 0.6) is 0 Å². The number of aliphatic carboxylic acids is 1. The second-order valence-corrected chi connectivity index (χ2v) is 9.32. The molecule has 2 aromatic rings. The van der Waals surface area contributed by atoms with Crippen LogP contribution in [-0.4, -0.2) is 54.5 Å². The first-order valence-corrected chi connectivity index (χ1v) is 12.1. The zero-order valence-electron chi connectivity index (χ0n) is 20.1. The number of benzene rings is 2. The second-order valence-electron chi connectivity index (χ2n) is 9.32. The standard InChI is InChI=1S/C27H32N2O6/c1-3-17(2)23(24(30)29-27(25(31)32)12-14-34-15-13-27)28-26(33)35-16-22-20-10-6-4-8-18(20)19-9-5-7-11-21(19)22/h4-11,17,22-23H,3,12-16H2,1-2H3,(H,28,33)(H,29,30)(H,31,32). The first-order valence-electron chi connectivity index (χ1n) is 12.1. The van der Waals surface area contributed by atoms with E-state index in [1.807, 2.05) is 50.2 Å². The van der Waals surface area contributed by atoms with Crippen LogP contribution in [0.15, 0.2) is 48.5 Å². The van der Waals surface area contributed by atoms with Gasteiger partial charge in [0, 0.05) is 32.0 Å². The van der Waals surface area contributed by atoms with E-state index in [2.05, 4.69) is 22.8 Å². The number of carbonyl (C=O) groups is 3. The highest BCUT2D eigenvalue weighted by Crippen LogP contribution is 2.44. The van der Waals surface area contributed by atoms with E-state index in [4.69, 9.17) is 9.47 Å². The molecule has 0 bridgehead atoms. The summed E-state index contributed by atoms with van der Waals surface area (Å²) in [7, 11) is 0. The van der Waals surface area contributed by atoms with Gasteiger partial charge in [0.1, 0.15) is 18.2 Å². The topological polar surface area (TPSA) is 114 Å². The maximum Gasteiger partial charge on any atom is 0.407 e. The van der Waals surface area contributed by atoms with Crippen molar-refractivity contribution in [2.24, 2.45) is 5.92 Å². The molecule has 1 heterocycles. The van der Waals surface area contributed by atoms with Gasteiger partial charge in [-0.2, -0.15) is 0 Å². The van der Waals surface area contributed by atoms with Crippen molar-refractivity contribution in [3.05, 3.63) is 59.7 Å². The van der Waals surface area contributed by atoms with Crippen molar-refractivity contribution in [2.75, 3.05) is 19.8 Å². The van der Waals surface area contributed by atoms with E-state index in [9.17, 15) is 19.5 Å². The monoisotopic (exact) mass is 480 g/mol. The quantitative estimate of drug-likeness (QED) is 0.531. The van der Waals surface area contributed by atoms with Gasteiger partial charge < -0.3 is 25.2 Å². The lowest BCUT2D eigenvalue weighted by Gasteiger charge is -2.36. The van der Waals surface area contributed by atoms with E-state index < -0.39 is 29.6 Å². The van der Waals surface area contributed by atoms with Crippen LogP contribution in [0, 0.1) is 5.92 Å². The molecule has 2 amide bonds. The summed E-state index contributed by atoms with van der Waals surface area (Å²) in [5, 5.41) is 15.2. The third-order valence-corrected chi connectivity index (χ3v) is 7.23. The Kier molecular flexibility index (Phi) is 7.40. The van der Waals surface area contributed by atoms with Gasteiger partial charge in [-0.05, 0) is 28.2 Å². The smallest absolute Gasteiger partial charge is 0.407 e. The van der Waals surface area contributed by atoms with Gasteiger partial charge >= 0.3 is 12.1 Å². The zero-order valence-corrected chi connectivity index (χ0v) is 20.1. The number of rotatable bonds is 8. The van der Waals surface area contributed by atoms with Crippen molar-refractivity contribution in [1.29, 1.82) is 0 Å². The minimum Gasteiger partial charge on any atom is -0.480 e. The number of carboxylic acids is 1. The Labute approximate surface area is 205 Å². The van der Waals surface area contributed by atoms with Gasteiger partial charge in [-0.3, -0.25) is 4.79 Å². The Morgan fingerprint density at radius 3 is 2.17 bits per heavy atom. The molecule has 2 atom stereocenters. The maximum absolute atomic E-state index is 13.2. The van der Waals surface area contributed by atoms with Gasteiger partial charge in [0.15, 0.2) is 0 Å². The number of alkyl carbamates (subject to hydrolysis) is 1. The van der Waals surface area contributed by atoms with Crippen molar-refractivity contribution >= 4 is 18.0 Å². The van der Waals surface area contributed by atoms with E-state index in [-0.39, 0.29) is 44.5 Å². The number of amides is 2. The molecule has 0 radical (unpaired) electrons. The lowest BCUT2D eigenvalue weighted by Crippen LogP contribution is -2.62. The summed E-state index contributed by atoms with van der Waals surface area (Å²) < 4.78 is 10.9. The van der Waals surface area contributed by atoms with Crippen LogP contribution < -0.4 is 10.6 Å². The minimum atomic E-state index is -1.40. The third kappa shape index (κ3) is 5.03. The van der Waals surface area contributed by atoms with Gasteiger partial charge in [0.05, 0.1) is 0 Å². The van der Waals surface area contributed by atoms with Gasteiger partial charge in [-0.15, -0.1) is 0 Å². The molecule has 2 unspecified atom stereocenters. The average molecular weight is 481 g/mol. The summed E-state index contributed by atoms with van der Waals surface area (Å²) in [4.78, 5) is 37.9. The van der Waals surface area contributed by atoms with Crippen molar-refractivity contribution < 1.29 is 29.0 Å². The van der Waals surface area contributed by atoms with Crippen LogP contribution in [0.1, 0.15) is 50.2 Å². The number of ether oxygens (including phenoxy) is 2. The lowest BCUT2D eigenvalue weighted by molar-refractivity contribution is -0.152. The Morgan fingerprint density at radius 1 is 1.06 bits per heavy atom. The summed E-state index contributed by atoms with van der Waals surface area (Å²) in [6, 6.07) is 15.2. The number of hydrogen-bond acceptors (Lipinski definition) is 5. The van der Waals surface area contributed by atoms with Crippen LogP contribution in [-0.2, 0) is 19.1 Å². The van der Waals surface area contributed by atoms with Crippen molar-refractivity contribution in [2.45, 2.75) is 50.6 Å². The Hall–Kier alpha value is -3.39. The molecule has 35 heavy (non-hydrogen) atoms. The fourth-order valence-electron chi connectivity index (χ4n) is 4.89. The number of carboxylic acid groups (broad SMARTS) is 1. The molecule has 186 valence electrons. The highest BCUT2D eigenvalue weighted by atomic mass is 16.5. The Bertz CT molecular complexity index is 1050. The molecule has 8 heteroatoms. The van der Waals surface area contributed by atoms with Crippen molar-refractivity contribution in [3.63, 3.8) is 0 Å². The number of fused-ring (bicyclic) bond motifs is 3. The molecule has 1 fully saturated rings. The molecule has 8 nitrogen and oxygen atoms in total. The largest absolute Gasteiger partial charge is 0.480 e. The summed E-state index contributed by atoms with van der Waals surface area (Å²) in [5.41, 5.74) is 3.05. The molecule has 0 aromatic heterocycles. The van der Waals surface area contributed by atoms with Crippen molar-refractivity contribution in [3.8, 4) is 11.1 Å². The van der Waals surface area contributed by atoms with E-state index in [0.29, 0.717) is 6.42 Å². The van der Waals surface area contributed by atoms with Crippen LogP contribution in [0.4, 0.5) is 4.79 Å². The van der Waals surface area contributed by atoms with Gasteiger partial charge in [0.2, 0.25) is 5.91 Å². The number of nitrogens with one attached hydrogen (secondary N) is 2. The summed E-state index contributed by atoms with van der Waals surface area (Å²) in [5.74, 6) is -1.95. The molecular formula is C27H32N2O6. The molecule has 1 aliphatic carbocycles. The van der Waals surface area contributed by atoms with Crippen LogP contribution >= 0.6 is 0 Å². The zero-order chi connectivity index (χ0) is 25.0. The fourth-order valence-corrected chi connectivity index (χ4v) is 4.89. The average Bonchev–Trinajstić information content (AvgIpc) is 3.19. The first kappa shape index (κ1) is 24.7. The van der Waals surface area contributed by atoms with Gasteiger partial charge in [-0.1, -0.05) is 68.8 Å². The fraction of sp³-hybridized carbons (Fsp3) is 0.444. The highest BCUT2D eigenvalue weighted by Gasteiger charge is 2.43. The van der Waals surface area contributed by atoms with E-state index >= 15 is 0 Å². The van der Waals surface area contributed by atoms with E-state index in [1.165, 1.54) is 0 Å². The van der Waals surface area contributed by atoms with Gasteiger partial charge in [0.25, 0.3) is 0 Å². The van der Waals surface area contributed by atoms with Crippen LogP contribution in [0.2, 0.25) is 0 Å². The SMILES string of the molecule is CCC(C)C(NC(=O)OCC1c2ccccc2-c2ccccc21)C(=O)NC1(C(=O)O)CCOCC1. The molecule has 4 rings (SSSR count). The molecule has 0 spiro atoms. The Morgan fingerprint density at radius 2 is 1.63 bits per heavy atom. The molecule has 2 aliphatic rings. The predicted molar refractivity (Wildman–Crippen MR) is 130 cm³/mol. The minimum absolute atomic E-state index is 0.0958. The van der Waals surface area contributed by atoms with Gasteiger partial charge in [-0.25, -0.2) is 9.59 Å². The predicted octanol–water partition coefficient (Wildman–Crippen LogP) is 3.69.